The largest absolute Gasteiger partial charge is 0.496 e. The maximum atomic E-state index is 11.2. The van der Waals surface area contributed by atoms with Crippen molar-refractivity contribution >= 4 is 5.97 Å². The highest BCUT2D eigenvalue weighted by Gasteiger charge is 2.37. The molecule has 1 aliphatic carbocycles. The van der Waals surface area contributed by atoms with Crippen LogP contribution in [0, 0.1) is 12.8 Å². The van der Waals surface area contributed by atoms with E-state index in [0.29, 0.717) is 5.92 Å². The number of hydrogen-bond donors (Lipinski definition) is 1. The summed E-state index contributed by atoms with van der Waals surface area (Å²) < 4.78 is 5.22. The summed E-state index contributed by atoms with van der Waals surface area (Å²) in [4.78, 5) is 11.2. The molecule has 0 amide bonds. The van der Waals surface area contributed by atoms with Crippen LogP contribution in [0.1, 0.15) is 29.9 Å². The molecule has 0 heterocycles. The fourth-order valence-corrected chi connectivity index (χ4v) is 2.08. The van der Waals surface area contributed by atoms with E-state index in [1.165, 1.54) is 0 Å². The highest BCUT2D eigenvalue weighted by Crippen LogP contribution is 2.43. The average molecular weight is 220 g/mol. The second-order valence-electron chi connectivity index (χ2n) is 4.38. The normalized spacial score (nSPS) is 16.9. The number of aliphatic carboxylic acids is 1. The molecule has 16 heavy (non-hydrogen) atoms. The van der Waals surface area contributed by atoms with Crippen molar-refractivity contribution < 1.29 is 14.6 Å². The molecular formula is C13H16O3. The van der Waals surface area contributed by atoms with Gasteiger partial charge in [0.25, 0.3) is 0 Å². The van der Waals surface area contributed by atoms with E-state index in [0.717, 1.165) is 29.7 Å². The van der Waals surface area contributed by atoms with Crippen LogP contribution < -0.4 is 4.74 Å². The van der Waals surface area contributed by atoms with Crippen molar-refractivity contribution in [2.75, 3.05) is 7.11 Å². The van der Waals surface area contributed by atoms with Gasteiger partial charge in [-0.05, 0) is 42.9 Å². The number of benzene rings is 1. The van der Waals surface area contributed by atoms with Gasteiger partial charge in [0.2, 0.25) is 0 Å². The zero-order valence-electron chi connectivity index (χ0n) is 9.56. The van der Waals surface area contributed by atoms with E-state index in [2.05, 4.69) is 0 Å². The van der Waals surface area contributed by atoms with E-state index in [1.54, 1.807) is 7.11 Å². The number of ether oxygens (including phenoxy) is 1. The lowest BCUT2D eigenvalue weighted by Gasteiger charge is -2.14. The molecule has 2 rings (SSSR count). The van der Waals surface area contributed by atoms with E-state index >= 15 is 0 Å². The standard InChI is InChI=1S/C13H16O3/c1-8-3-4-10(7-11(8)16-2)12(13(14)15)9-5-6-9/h3-4,7,9,12H,5-6H2,1-2H3,(H,14,15). The van der Waals surface area contributed by atoms with Gasteiger partial charge in [0, 0.05) is 0 Å². The van der Waals surface area contributed by atoms with Crippen molar-refractivity contribution in [1.29, 1.82) is 0 Å². The maximum Gasteiger partial charge on any atom is 0.311 e. The molecule has 0 bridgehead atoms. The fourth-order valence-electron chi connectivity index (χ4n) is 2.08. The number of hydrogen-bond acceptors (Lipinski definition) is 2. The van der Waals surface area contributed by atoms with Gasteiger partial charge < -0.3 is 9.84 Å². The van der Waals surface area contributed by atoms with Crippen molar-refractivity contribution in [2.24, 2.45) is 5.92 Å². The van der Waals surface area contributed by atoms with Crippen LogP contribution in [0.2, 0.25) is 0 Å². The van der Waals surface area contributed by atoms with Crippen LogP contribution in [0.4, 0.5) is 0 Å². The zero-order valence-corrected chi connectivity index (χ0v) is 9.56. The molecule has 3 heteroatoms. The van der Waals surface area contributed by atoms with Crippen LogP contribution in [-0.2, 0) is 4.79 Å². The van der Waals surface area contributed by atoms with Gasteiger partial charge in [-0.2, -0.15) is 0 Å². The Hall–Kier alpha value is -1.51. The number of rotatable bonds is 4. The van der Waals surface area contributed by atoms with Crippen LogP contribution in [0.3, 0.4) is 0 Å². The molecule has 1 atom stereocenters. The SMILES string of the molecule is COc1cc(C(C(=O)O)C2CC2)ccc1C. The Morgan fingerprint density at radius 1 is 1.50 bits per heavy atom. The highest BCUT2D eigenvalue weighted by atomic mass is 16.5. The minimum atomic E-state index is -0.728. The summed E-state index contributed by atoms with van der Waals surface area (Å²) in [6.45, 7) is 1.95. The third kappa shape index (κ3) is 2.03. The van der Waals surface area contributed by atoms with Crippen molar-refractivity contribution in [1.82, 2.24) is 0 Å². The Labute approximate surface area is 95.0 Å². The first-order valence-corrected chi connectivity index (χ1v) is 5.51. The molecule has 1 fully saturated rings. The second-order valence-corrected chi connectivity index (χ2v) is 4.38. The lowest BCUT2D eigenvalue weighted by Crippen LogP contribution is -2.13. The molecule has 3 nitrogen and oxygen atoms in total. The van der Waals surface area contributed by atoms with Gasteiger partial charge in [0.05, 0.1) is 13.0 Å². The number of carboxylic acids is 1. The predicted molar refractivity (Wildman–Crippen MR) is 60.8 cm³/mol. The van der Waals surface area contributed by atoms with E-state index < -0.39 is 5.97 Å². The van der Waals surface area contributed by atoms with Crippen molar-refractivity contribution in [3.63, 3.8) is 0 Å². The van der Waals surface area contributed by atoms with Crippen molar-refractivity contribution in [3.8, 4) is 5.75 Å². The van der Waals surface area contributed by atoms with Gasteiger partial charge in [-0.25, -0.2) is 0 Å². The summed E-state index contributed by atoms with van der Waals surface area (Å²) in [5, 5.41) is 9.23. The van der Waals surface area contributed by atoms with Gasteiger partial charge in [-0.3, -0.25) is 4.79 Å². The van der Waals surface area contributed by atoms with Gasteiger partial charge >= 0.3 is 5.97 Å². The molecule has 1 aromatic carbocycles. The van der Waals surface area contributed by atoms with Gasteiger partial charge in [-0.1, -0.05) is 12.1 Å². The molecular weight excluding hydrogens is 204 g/mol. The van der Waals surface area contributed by atoms with E-state index in [4.69, 9.17) is 4.74 Å². The Kier molecular flexibility index (Phi) is 2.86. The van der Waals surface area contributed by atoms with Crippen molar-refractivity contribution in [2.45, 2.75) is 25.7 Å². The Balaban J connectivity index is 2.34. The summed E-state index contributed by atoms with van der Waals surface area (Å²) in [6.07, 6.45) is 2.04. The summed E-state index contributed by atoms with van der Waals surface area (Å²) >= 11 is 0. The number of carbonyl (C=O) groups is 1. The van der Waals surface area contributed by atoms with Crippen LogP contribution >= 0.6 is 0 Å². The first-order valence-electron chi connectivity index (χ1n) is 5.51. The molecule has 1 aromatic rings. The minimum Gasteiger partial charge on any atom is -0.496 e. The third-order valence-electron chi connectivity index (χ3n) is 3.15. The molecule has 0 spiro atoms. The van der Waals surface area contributed by atoms with Crippen LogP contribution in [0.25, 0.3) is 0 Å². The molecule has 86 valence electrons. The van der Waals surface area contributed by atoms with Crippen LogP contribution in [-0.4, -0.2) is 18.2 Å². The lowest BCUT2D eigenvalue weighted by molar-refractivity contribution is -0.139. The zero-order chi connectivity index (χ0) is 11.7. The smallest absolute Gasteiger partial charge is 0.311 e. The molecule has 1 unspecified atom stereocenters. The lowest BCUT2D eigenvalue weighted by atomic mass is 9.93. The molecule has 0 saturated heterocycles. The first-order chi connectivity index (χ1) is 7.63. The highest BCUT2D eigenvalue weighted by molar-refractivity contribution is 5.77. The quantitative estimate of drug-likeness (QED) is 0.848. The molecule has 1 N–H and O–H groups in total. The topological polar surface area (TPSA) is 46.5 Å². The predicted octanol–water partition coefficient (Wildman–Crippen LogP) is 2.58. The Bertz CT molecular complexity index is 408. The van der Waals surface area contributed by atoms with E-state index in [1.807, 2.05) is 25.1 Å². The molecule has 0 aliphatic heterocycles. The van der Waals surface area contributed by atoms with Crippen LogP contribution in [0.5, 0.6) is 5.75 Å². The van der Waals surface area contributed by atoms with Gasteiger partial charge in [-0.15, -0.1) is 0 Å². The van der Waals surface area contributed by atoms with Crippen LogP contribution in [0.15, 0.2) is 18.2 Å². The minimum absolute atomic E-state index is 0.310. The second kappa shape index (κ2) is 4.16. The summed E-state index contributed by atoms with van der Waals surface area (Å²) in [5.74, 6) is -0.0165. The summed E-state index contributed by atoms with van der Waals surface area (Å²) in [7, 11) is 1.61. The fraction of sp³-hybridized carbons (Fsp3) is 0.462. The Morgan fingerprint density at radius 3 is 2.69 bits per heavy atom. The molecule has 0 aromatic heterocycles. The average Bonchev–Trinajstić information content (AvgIpc) is 3.04. The monoisotopic (exact) mass is 220 g/mol. The number of carboxylic acid groups (broad SMARTS) is 1. The Morgan fingerprint density at radius 2 is 2.19 bits per heavy atom. The molecule has 0 radical (unpaired) electrons. The van der Waals surface area contributed by atoms with E-state index in [9.17, 15) is 9.90 Å². The van der Waals surface area contributed by atoms with E-state index in [-0.39, 0.29) is 5.92 Å². The summed E-state index contributed by atoms with van der Waals surface area (Å²) in [5.41, 5.74) is 1.89. The molecule has 1 aliphatic rings. The third-order valence-corrected chi connectivity index (χ3v) is 3.15. The van der Waals surface area contributed by atoms with Crippen molar-refractivity contribution in [3.05, 3.63) is 29.3 Å². The summed E-state index contributed by atoms with van der Waals surface area (Å²) in [6, 6.07) is 5.67. The molecule has 1 saturated carbocycles. The first kappa shape index (κ1) is 11.0. The van der Waals surface area contributed by atoms with Gasteiger partial charge in [0.15, 0.2) is 0 Å². The maximum absolute atomic E-state index is 11.2. The number of methoxy groups -OCH3 is 1. The van der Waals surface area contributed by atoms with Gasteiger partial charge in [0.1, 0.15) is 5.75 Å². The number of aryl methyl sites for hydroxylation is 1.